The summed E-state index contributed by atoms with van der Waals surface area (Å²) in [6, 6.07) is 0. The molecule has 0 aromatic carbocycles. The van der Waals surface area contributed by atoms with Crippen molar-refractivity contribution in [3.8, 4) is 0 Å². The van der Waals surface area contributed by atoms with Crippen molar-refractivity contribution in [2.45, 2.75) is 20.8 Å². The molecule has 12 heavy (non-hydrogen) atoms. The summed E-state index contributed by atoms with van der Waals surface area (Å²) in [4.78, 5) is 3.23. The highest BCUT2D eigenvalue weighted by molar-refractivity contribution is 6.08. The molecule has 0 fully saturated rings. The van der Waals surface area contributed by atoms with Gasteiger partial charge < -0.3 is 10.4 Å². The number of H-pyrrole nitrogens is 1. The van der Waals surface area contributed by atoms with Crippen molar-refractivity contribution in [3.63, 3.8) is 0 Å². The van der Waals surface area contributed by atoms with Gasteiger partial charge in [0, 0.05) is 23.2 Å². The van der Waals surface area contributed by atoms with Crippen molar-refractivity contribution in [1.29, 1.82) is 5.41 Å². The Morgan fingerprint density at radius 2 is 1.92 bits per heavy atom. The molecule has 64 valence electrons. The second-order valence-corrected chi connectivity index (χ2v) is 3.04. The summed E-state index contributed by atoms with van der Waals surface area (Å²) in [5, 5.41) is 7.11. The molecule has 1 rings (SSSR count). The van der Waals surface area contributed by atoms with E-state index in [1.54, 1.807) is 0 Å². The lowest BCUT2D eigenvalue weighted by Crippen LogP contribution is -1.86. The Morgan fingerprint density at radius 1 is 1.33 bits per heavy atom. The number of aryl methyl sites for hydroxylation is 2. The van der Waals surface area contributed by atoms with Crippen molar-refractivity contribution < 1.29 is 0 Å². The maximum absolute atomic E-state index is 7.11. The topological polar surface area (TPSA) is 39.6 Å². The van der Waals surface area contributed by atoms with Crippen LogP contribution in [0.15, 0.2) is 6.58 Å². The van der Waals surface area contributed by atoms with Crippen LogP contribution in [0.1, 0.15) is 22.5 Å². The molecule has 0 radical (unpaired) electrons. The van der Waals surface area contributed by atoms with E-state index in [0.29, 0.717) is 0 Å². The number of aromatic amines is 1. The summed E-state index contributed by atoms with van der Waals surface area (Å²) in [5.74, 6) is 0. The molecule has 2 nitrogen and oxygen atoms in total. The molecule has 1 aromatic rings. The molecule has 0 atom stereocenters. The third kappa shape index (κ3) is 1.20. The van der Waals surface area contributed by atoms with Gasteiger partial charge >= 0.3 is 0 Å². The highest BCUT2D eigenvalue weighted by atomic mass is 14.7. The molecule has 0 aliphatic carbocycles. The van der Waals surface area contributed by atoms with Gasteiger partial charge in [0.1, 0.15) is 0 Å². The molecule has 0 bridgehead atoms. The van der Waals surface area contributed by atoms with Crippen LogP contribution in [0.3, 0.4) is 0 Å². The predicted molar refractivity (Wildman–Crippen MR) is 52.8 cm³/mol. The Labute approximate surface area is 72.8 Å². The van der Waals surface area contributed by atoms with Crippen LogP contribution in [-0.4, -0.2) is 11.2 Å². The van der Waals surface area contributed by atoms with E-state index in [0.717, 1.165) is 22.5 Å². The van der Waals surface area contributed by atoms with Gasteiger partial charge in [-0.1, -0.05) is 6.58 Å². The standard InChI is InChI=1S/C10H14N2/c1-6(5-11)10-7(2)8(3)12-9(10)4/h5,11-12H,1H2,2-4H3. The van der Waals surface area contributed by atoms with Gasteiger partial charge in [0.2, 0.25) is 0 Å². The minimum atomic E-state index is 0.773. The second-order valence-electron chi connectivity index (χ2n) is 3.04. The average Bonchev–Trinajstić information content (AvgIpc) is 2.26. The molecule has 0 unspecified atom stereocenters. The fourth-order valence-electron chi connectivity index (χ4n) is 1.46. The molecule has 2 heteroatoms. The predicted octanol–water partition coefficient (Wildman–Crippen LogP) is 2.60. The van der Waals surface area contributed by atoms with E-state index in [2.05, 4.69) is 11.6 Å². The van der Waals surface area contributed by atoms with Crippen LogP contribution >= 0.6 is 0 Å². The molecule has 1 aromatic heterocycles. The van der Waals surface area contributed by atoms with E-state index >= 15 is 0 Å². The van der Waals surface area contributed by atoms with Crippen LogP contribution in [0.25, 0.3) is 5.57 Å². The van der Waals surface area contributed by atoms with Crippen molar-refractivity contribution >= 4 is 11.8 Å². The molecular weight excluding hydrogens is 148 g/mol. The van der Waals surface area contributed by atoms with Gasteiger partial charge in [-0.25, -0.2) is 0 Å². The number of aromatic nitrogens is 1. The van der Waals surface area contributed by atoms with Gasteiger partial charge in [-0.15, -0.1) is 0 Å². The fourth-order valence-corrected chi connectivity index (χ4v) is 1.46. The Balaban J connectivity index is 3.31. The van der Waals surface area contributed by atoms with Crippen molar-refractivity contribution in [3.05, 3.63) is 29.1 Å². The Hall–Kier alpha value is -1.31. The zero-order chi connectivity index (χ0) is 9.30. The summed E-state index contributed by atoms with van der Waals surface area (Å²) in [6.07, 6.45) is 1.29. The molecule has 0 amide bonds. The summed E-state index contributed by atoms with van der Waals surface area (Å²) >= 11 is 0. The van der Waals surface area contributed by atoms with Crippen molar-refractivity contribution in [2.24, 2.45) is 0 Å². The summed E-state index contributed by atoms with van der Waals surface area (Å²) in [7, 11) is 0. The Morgan fingerprint density at radius 3 is 2.25 bits per heavy atom. The first-order valence-corrected chi connectivity index (χ1v) is 3.93. The Kier molecular flexibility index (Phi) is 2.18. The SMILES string of the molecule is C=C(C=N)c1c(C)[nH]c(C)c1C. The van der Waals surface area contributed by atoms with E-state index in [-0.39, 0.29) is 0 Å². The lowest BCUT2D eigenvalue weighted by Gasteiger charge is -1.99. The van der Waals surface area contributed by atoms with E-state index < -0.39 is 0 Å². The van der Waals surface area contributed by atoms with Crippen LogP contribution in [0.5, 0.6) is 0 Å². The van der Waals surface area contributed by atoms with E-state index in [4.69, 9.17) is 5.41 Å². The summed E-state index contributed by atoms with van der Waals surface area (Å²) in [6.45, 7) is 9.89. The van der Waals surface area contributed by atoms with Crippen LogP contribution in [0.4, 0.5) is 0 Å². The van der Waals surface area contributed by atoms with E-state index in [1.807, 2.05) is 20.8 Å². The molecule has 0 saturated carbocycles. The third-order valence-electron chi connectivity index (χ3n) is 2.18. The van der Waals surface area contributed by atoms with Gasteiger partial charge in [0.05, 0.1) is 0 Å². The zero-order valence-corrected chi connectivity index (χ0v) is 7.78. The molecule has 1 heterocycles. The molecule has 0 saturated heterocycles. The molecular formula is C10H14N2. The molecule has 0 spiro atoms. The highest BCUT2D eigenvalue weighted by Gasteiger charge is 2.09. The maximum Gasteiger partial charge on any atom is 0.0251 e. The Bertz CT molecular complexity index is 332. The van der Waals surface area contributed by atoms with Crippen LogP contribution in [0, 0.1) is 26.2 Å². The van der Waals surface area contributed by atoms with Gasteiger partial charge in [-0.3, -0.25) is 0 Å². The highest BCUT2D eigenvalue weighted by Crippen LogP contribution is 2.22. The quantitative estimate of drug-likeness (QED) is 0.627. The number of allylic oxidation sites excluding steroid dienone is 1. The monoisotopic (exact) mass is 162 g/mol. The second kappa shape index (κ2) is 2.97. The number of nitrogens with one attached hydrogen (secondary N) is 2. The summed E-state index contributed by atoms with van der Waals surface area (Å²) in [5.41, 5.74) is 5.31. The van der Waals surface area contributed by atoms with Crippen molar-refractivity contribution in [2.75, 3.05) is 0 Å². The van der Waals surface area contributed by atoms with Crippen LogP contribution in [0.2, 0.25) is 0 Å². The lowest BCUT2D eigenvalue weighted by atomic mass is 10.0. The van der Waals surface area contributed by atoms with Crippen LogP contribution in [-0.2, 0) is 0 Å². The summed E-state index contributed by atoms with van der Waals surface area (Å²) < 4.78 is 0. The van der Waals surface area contributed by atoms with Crippen LogP contribution < -0.4 is 0 Å². The molecule has 2 N–H and O–H groups in total. The smallest absolute Gasteiger partial charge is 0.0251 e. The van der Waals surface area contributed by atoms with Gasteiger partial charge in [0.15, 0.2) is 0 Å². The molecule has 0 aliphatic heterocycles. The number of hydrogen-bond donors (Lipinski definition) is 2. The minimum absolute atomic E-state index is 0.773. The first-order chi connectivity index (χ1) is 5.57. The zero-order valence-electron chi connectivity index (χ0n) is 7.78. The normalized spacial score (nSPS) is 9.92. The average molecular weight is 162 g/mol. The van der Waals surface area contributed by atoms with Gasteiger partial charge in [-0.05, 0) is 31.9 Å². The van der Waals surface area contributed by atoms with Gasteiger partial charge in [0.25, 0.3) is 0 Å². The van der Waals surface area contributed by atoms with Gasteiger partial charge in [-0.2, -0.15) is 0 Å². The first kappa shape index (κ1) is 8.78. The van der Waals surface area contributed by atoms with E-state index in [1.165, 1.54) is 11.8 Å². The third-order valence-corrected chi connectivity index (χ3v) is 2.18. The van der Waals surface area contributed by atoms with E-state index in [9.17, 15) is 0 Å². The largest absolute Gasteiger partial charge is 0.362 e. The minimum Gasteiger partial charge on any atom is -0.362 e. The number of hydrogen-bond acceptors (Lipinski definition) is 1. The molecule has 0 aliphatic rings. The fraction of sp³-hybridized carbons (Fsp3) is 0.300. The van der Waals surface area contributed by atoms with Crippen molar-refractivity contribution in [1.82, 2.24) is 4.98 Å². The number of rotatable bonds is 2. The lowest BCUT2D eigenvalue weighted by molar-refractivity contribution is 1.17. The maximum atomic E-state index is 7.11. The first-order valence-electron chi connectivity index (χ1n) is 3.93.